The number of rotatable bonds is 7. The fourth-order valence-corrected chi connectivity index (χ4v) is 8.38. The highest BCUT2D eigenvalue weighted by molar-refractivity contribution is 7.23. The second kappa shape index (κ2) is 11.6. The van der Waals surface area contributed by atoms with Crippen molar-refractivity contribution in [1.82, 2.24) is 19.8 Å². The Hall–Kier alpha value is -4.48. The van der Waals surface area contributed by atoms with E-state index in [-0.39, 0.29) is 67.6 Å². The largest absolute Gasteiger partial charge is 0.461 e. The number of aromatic nitrogens is 2. The number of carbonyl (C=O) groups is 1. The summed E-state index contributed by atoms with van der Waals surface area (Å²) in [5, 5.41) is 0.113. The van der Waals surface area contributed by atoms with Gasteiger partial charge in [0, 0.05) is 49.9 Å². The van der Waals surface area contributed by atoms with Crippen LogP contribution in [0.4, 0.5) is 34.1 Å². The first-order chi connectivity index (χ1) is 22.5. The number of ether oxygens (including phenoxy) is 1. The molecule has 2 aromatic carbocycles. The third-order valence-electron chi connectivity index (χ3n) is 9.78. The Morgan fingerprint density at radius 2 is 2.09 bits per heavy atom. The maximum absolute atomic E-state index is 16.8. The average Bonchev–Trinajstić information content (AvgIpc) is 3.82. The first kappa shape index (κ1) is 31.1. The highest BCUT2D eigenvalue weighted by Crippen LogP contribution is 2.48. The van der Waals surface area contributed by atoms with Crippen LogP contribution in [0.3, 0.4) is 0 Å². The number of halogens is 4. The summed E-state index contributed by atoms with van der Waals surface area (Å²) in [4.78, 5) is 30.2. The van der Waals surface area contributed by atoms with Gasteiger partial charge in [-0.25, -0.2) is 22.4 Å². The quantitative estimate of drug-likeness (QED) is 0.142. The molecule has 244 valence electrons. The summed E-state index contributed by atoms with van der Waals surface area (Å²) in [5.41, 5.74) is 4.60. The highest BCUT2D eigenvalue weighted by Gasteiger charge is 2.49. The van der Waals surface area contributed by atoms with E-state index in [9.17, 15) is 13.6 Å². The average molecular weight is 666 g/mol. The van der Waals surface area contributed by atoms with E-state index in [0.717, 1.165) is 42.9 Å². The third kappa shape index (κ3) is 5.03. The molecule has 0 saturated carbocycles. The van der Waals surface area contributed by atoms with E-state index in [2.05, 4.69) is 26.3 Å². The molecule has 3 atom stereocenters. The van der Waals surface area contributed by atoms with Gasteiger partial charge >= 0.3 is 6.01 Å². The van der Waals surface area contributed by atoms with E-state index in [1.54, 1.807) is 16.8 Å². The Kier molecular flexibility index (Phi) is 7.71. The summed E-state index contributed by atoms with van der Waals surface area (Å²) >= 11 is 0.834. The summed E-state index contributed by atoms with van der Waals surface area (Å²) < 4.78 is 68.4. The number of hydrogen-bond donors (Lipinski definition) is 1. The molecule has 3 aliphatic rings. The zero-order valence-corrected chi connectivity index (χ0v) is 26.3. The second-order valence-electron chi connectivity index (χ2n) is 12.4. The molecule has 0 aliphatic carbocycles. The molecular formula is C33H31F4N7O2S. The first-order valence-electron chi connectivity index (χ1n) is 15.3. The Bertz CT molecular complexity index is 2000. The number of likely N-dealkylation sites (tertiary alicyclic amines) is 1. The van der Waals surface area contributed by atoms with Gasteiger partial charge in [0.1, 0.15) is 35.7 Å². The number of nitrogens with two attached hydrogens (primary N) is 1. The molecule has 3 fully saturated rings. The molecule has 0 spiro atoms. The lowest BCUT2D eigenvalue weighted by Crippen LogP contribution is -2.43. The Balaban J connectivity index is 1.37. The number of anilines is 2. The van der Waals surface area contributed by atoms with Gasteiger partial charge < -0.3 is 20.3 Å². The van der Waals surface area contributed by atoms with Crippen molar-refractivity contribution in [3.05, 3.63) is 59.7 Å². The van der Waals surface area contributed by atoms with Gasteiger partial charge in [0.25, 0.3) is 0 Å². The number of amides is 1. The highest BCUT2D eigenvalue weighted by atomic mass is 32.1. The summed E-state index contributed by atoms with van der Waals surface area (Å²) in [5.74, 6) is -2.71. The van der Waals surface area contributed by atoms with Crippen LogP contribution < -0.4 is 15.4 Å². The molecule has 5 heterocycles. The van der Waals surface area contributed by atoms with Gasteiger partial charge in [-0.2, -0.15) is 9.97 Å². The minimum absolute atomic E-state index is 0.0139. The molecule has 3 aliphatic heterocycles. The molecule has 2 aromatic heterocycles. The van der Waals surface area contributed by atoms with Gasteiger partial charge in [-0.1, -0.05) is 12.6 Å². The van der Waals surface area contributed by atoms with Gasteiger partial charge in [0.05, 0.1) is 27.4 Å². The van der Waals surface area contributed by atoms with Crippen molar-refractivity contribution in [3.8, 4) is 17.1 Å². The maximum Gasteiger partial charge on any atom is 0.319 e. The normalized spacial score (nSPS) is 22.6. The fraction of sp³-hybridized carbons (Fsp3) is 0.394. The van der Waals surface area contributed by atoms with E-state index >= 15 is 8.78 Å². The number of hydrogen-bond acceptors (Lipinski definition) is 8. The van der Waals surface area contributed by atoms with Crippen LogP contribution in [0.25, 0.3) is 37.0 Å². The first-order valence-corrected chi connectivity index (χ1v) is 16.1. The SMILES string of the molecule is [C-]#[N+]c1c(N)sc2c(F)ccc(-c3c(F)cc4c(N(C)[C@@H]5CCN(C(=O)C=C)C5)nc(OC[C@@]56CCCN5C[C@H](F)C6)nc4c3F)c12. The van der Waals surface area contributed by atoms with Crippen LogP contribution in [0.15, 0.2) is 30.9 Å². The number of benzene rings is 2. The molecule has 9 nitrogen and oxygen atoms in total. The van der Waals surface area contributed by atoms with Crippen molar-refractivity contribution in [2.75, 3.05) is 50.5 Å². The fourth-order valence-electron chi connectivity index (χ4n) is 7.44. The lowest BCUT2D eigenvalue weighted by atomic mass is 9.95. The number of nitrogens with zero attached hydrogens (tertiary/aromatic N) is 6. The Morgan fingerprint density at radius 3 is 2.85 bits per heavy atom. The van der Waals surface area contributed by atoms with Crippen molar-refractivity contribution < 1.29 is 27.1 Å². The van der Waals surface area contributed by atoms with Crippen molar-refractivity contribution in [2.24, 2.45) is 0 Å². The molecule has 47 heavy (non-hydrogen) atoms. The van der Waals surface area contributed by atoms with E-state index in [4.69, 9.17) is 17.0 Å². The van der Waals surface area contributed by atoms with Gasteiger partial charge in [0.2, 0.25) is 11.6 Å². The Morgan fingerprint density at radius 1 is 1.28 bits per heavy atom. The number of carbonyl (C=O) groups excluding carboxylic acids is 1. The maximum atomic E-state index is 16.8. The van der Waals surface area contributed by atoms with Crippen LogP contribution in [0, 0.1) is 24.0 Å². The zero-order valence-electron chi connectivity index (χ0n) is 25.5. The van der Waals surface area contributed by atoms with Gasteiger partial charge in [0.15, 0.2) is 5.82 Å². The molecule has 0 bridgehead atoms. The van der Waals surface area contributed by atoms with E-state index in [1.807, 2.05) is 0 Å². The topological polar surface area (TPSA) is 92.2 Å². The van der Waals surface area contributed by atoms with Crippen LogP contribution in [-0.4, -0.2) is 83.3 Å². The molecule has 0 radical (unpaired) electrons. The van der Waals surface area contributed by atoms with Crippen LogP contribution in [0.1, 0.15) is 25.7 Å². The third-order valence-corrected chi connectivity index (χ3v) is 10.8. The van der Waals surface area contributed by atoms with Crippen LogP contribution in [0.5, 0.6) is 6.01 Å². The lowest BCUT2D eigenvalue weighted by Gasteiger charge is -2.31. The molecule has 3 saturated heterocycles. The van der Waals surface area contributed by atoms with Gasteiger partial charge in [-0.3, -0.25) is 9.69 Å². The summed E-state index contributed by atoms with van der Waals surface area (Å²) in [6.07, 6.45) is 2.77. The second-order valence-corrected chi connectivity index (χ2v) is 13.5. The Labute approximate surface area is 272 Å². The molecule has 14 heteroatoms. The van der Waals surface area contributed by atoms with E-state index in [0.29, 0.717) is 32.5 Å². The van der Waals surface area contributed by atoms with Crippen LogP contribution >= 0.6 is 11.3 Å². The van der Waals surface area contributed by atoms with Crippen molar-refractivity contribution in [1.29, 1.82) is 0 Å². The molecule has 7 rings (SSSR count). The number of alkyl halides is 1. The number of thiophene rings is 1. The van der Waals surface area contributed by atoms with Crippen LogP contribution in [-0.2, 0) is 4.79 Å². The summed E-state index contributed by atoms with van der Waals surface area (Å²) in [6.45, 7) is 13.1. The van der Waals surface area contributed by atoms with E-state index in [1.165, 1.54) is 12.1 Å². The molecule has 2 N–H and O–H groups in total. The minimum Gasteiger partial charge on any atom is -0.461 e. The number of likely N-dealkylation sites (N-methyl/N-ethyl adjacent to an activating group) is 1. The van der Waals surface area contributed by atoms with Crippen molar-refractivity contribution in [2.45, 2.75) is 43.4 Å². The minimum atomic E-state index is -1.05. The summed E-state index contributed by atoms with van der Waals surface area (Å²) in [6, 6.07) is 3.02. The smallest absolute Gasteiger partial charge is 0.319 e. The molecule has 4 aromatic rings. The molecular weight excluding hydrogens is 634 g/mol. The molecule has 0 unspecified atom stereocenters. The predicted octanol–water partition coefficient (Wildman–Crippen LogP) is 6.24. The number of nitrogen functional groups attached to an aromatic ring is 1. The van der Waals surface area contributed by atoms with Crippen LogP contribution in [0.2, 0.25) is 0 Å². The standard InChI is InChI=1S/C33H31F4N7O2S/c1-4-23(45)43-11-8-18(15-43)42(3)31-20-12-22(36)24(19-6-7-21(35)29-25(19)28(39-2)30(38)47-29)26(37)27(20)40-32(41-31)46-16-33-9-5-10-44(33)14-17(34)13-33/h4,6-7,12,17-18H,1,5,8-11,13-16,38H2,3H3/t17-,18-,33+/m1/s1. The lowest BCUT2D eigenvalue weighted by molar-refractivity contribution is -0.125. The number of fused-ring (bicyclic) bond motifs is 3. The van der Waals surface area contributed by atoms with E-state index < -0.39 is 34.7 Å². The zero-order chi connectivity index (χ0) is 33.2. The monoisotopic (exact) mass is 665 g/mol. The molecule has 1 amide bonds. The van der Waals surface area contributed by atoms with Crippen molar-refractivity contribution in [3.63, 3.8) is 0 Å². The summed E-state index contributed by atoms with van der Waals surface area (Å²) in [7, 11) is 1.73. The van der Waals surface area contributed by atoms with Crippen molar-refractivity contribution >= 4 is 54.7 Å². The predicted molar refractivity (Wildman–Crippen MR) is 173 cm³/mol. The van der Waals surface area contributed by atoms with Gasteiger partial charge in [-0.15, -0.1) is 11.3 Å². The van der Waals surface area contributed by atoms with Gasteiger partial charge in [-0.05, 0) is 49.6 Å².